The fraction of sp³-hybridized carbons (Fsp3) is 0.222. The molecule has 0 aliphatic heterocycles. The summed E-state index contributed by atoms with van der Waals surface area (Å²) < 4.78 is 5.31. The lowest BCUT2D eigenvalue weighted by Gasteiger charge is -2.08. The first-order valence-electron chi connectivity index (χ1n) is 8.03. The predicted molar refractivity (Wildman–Crippen MR) is 105 cm³/mol. The molecule has 140 valence electrons. The Hall–Kier alpha value is -2.65. The second-order valence-electron chi connectivity index (χ2n) is 5.80. The number of nitrogens with one attached hydrogen (secondary N) is 1. The maximum atomic E-state index is 12.4. The third-order valence-electron chi connectivity index (χ3n) is 3.90. The molecular formula is C18H17N3O4S2. The van der Waals surface area contributed by atoms with Crippen LogP contribution in [0.2, 0.25) is 0 Å². The van der Waals surface area contributed by atoms with Gasteiger partial charge in [0.2, 0.25) is 5.91 Å². The molecule has 1 amide bonds. The molecule has 0 unspecified atom stereocenters. The van der Waals surface area contributed by atoms with Gasteiger partial charge >= 0.3 is 5.97 Å². The molecule has 9 heteroatoms. The third kappa shape index (κ3) is 4.20. The fourth-order valence-corrected chi connectivity index (χ4v) is 4.32. The van der Waals surface area contributed by atoms with Crippen LogP contribution in [0.4, 0.5) is 0 Å². The van der Waals surface area contributed by atoms with Crippen molar-refractivity contribution in [3.63, 3.8) is 0 Å². The lowest BCUT2D eigenvalue weighted by Crippen LogP contribution is -2.15. The molecule has 0 spiro atoms. The number of thioether (sulfide) groups is 1. The van der Waals surface area contributed by atoms with Gasteiger partial charge in [0.05, 0.1) is 16.7 Å². The van der Waals surface area contributed by atoms with Gasteiger partial charge in [0, 0.05) is 9.77 Å². The monoisotopic (exact) mass is 403 g/mol. The molecule has 2 heterocycles. The van der Waals surface area contributed by atoms with Crippen molar-refractivity contribution in [2.75, 3.05) is 5.75 Å². The van der Waals surface area contributed by atoms with Crippen molar-refractivity contribution in [1.82, 2.24) is 9.97 Å². The van der Waals surface area contributed by atoms with Crippen LogP contribution in [0.15, 0.2) is 34.0 Å². The molecule has 0 aliphatic carbocycles. The Morgan fingerprint density at radius 3 is 2.78 bits per heavy atom. The van der Waals surface area contributed by atoms with Gasteiger partial charge in [-0.25, -0.2) is 9.78 Å². The molecule has 0 saturated carbocycles. The average molecular weight is 403 g/mol. The SMILES string of the molecule is Cc1sc2nc(COC(=O)c3ccccc3SCC(N)=O)[nH]c(=O)c2c1C. The largest absolute Gasteiger partial charge is 0.454 e. The first-order chi connectivity index (χ1) is 12.9. The van der Waals surface area contributed by atoms with Gasteiger partial charge in [-0.05, 0) is 31.5 Å². The van der Waals surface area contributed by atoms with E-state index in [1.54, 1.807) is 24.3 Å². The molecule has 0 radical (unpaired) electrons. The van der Waals surface area contributed by atoms with Gasteiger partial charge in [0.25, 0.3) is 5.56 Å². The van der Waals surface area contributed by atoms with Crippen LogP contribution in [-0.2, 0) is 16.1 Å². The van der Waals surface area contributed by atoms with E-state index in [2.05, 4.69) is 9.97 Å². The zero-order valence-electron chi connectivity index (χ0n) is 14.7. The Bertz CT molecular complexity index is 1090. The van der Waals surface area contributed by atoms with Gasteiger partial charge in [-0.15, -0.1) is 23.1 Å². The lowest BCUT2D eigenvalue weighted by molar-refractivity contribution is -0.115. The zero-order chi connectivity index (χ0) is 19.6. The number of aryl methyl sites for hydroxylation is 2. The van der Waals surface area contributed by atoms with Gasteiger partial charge < -0.3 is 15.5 Å². The second kappa shape index (κ2) is 7.93. The number of nitrogens with zero attached hydrogens (tertiary/aromatic N) is 1. The summed E-state index contributed by atoms with van der Waals surface area (Å²) in [6.07, 6.45) is 0. The number of thiophene rings is 1. The molecule has 0 fully saturated rings. The van der Waals surface area contributed by atoms with Crippen LogP contribution in [-0.4, -0.2) is 27.6 Å². The van der Waals surface area contributed by atoms with E-state index in [0.717, 1.165) is 10.4 Å². The summed E-state index contributed by atoms with van der Waals surface area (Å²) in [5, 5.41) is 0.570. The first-order valence-corrected chi connectivity index (χ1v) is 9.83. The number of nitrogens with two attached hydrogens (primary N) is 1. The van der Waals surface area contributed by atoms with E-state index in [9.17, 15) is 14.4 Å². The lowest BCUT2D eigenvalue weighted by atomic mass is 10.2. The summed E-state index contributed by atoms with van der Waals surface area (Å²) >= 11 is 2.60. The minimum Gasteiger partial charge on any atom is -0.454 e. The summed E-state index contributed by atoms with van der Waals surface area (Å²) in [5.74, 6) is -0.694. The molecule has 3 aromatic rings. The Labute approximate surface area is 163 Å². The Morgan fingerprint density at radius 1 is 1.30 bits per heavy atom. The van der Waals surface area contributed by atoms with Crippen molar-refractivity contribution in [3.8, 4) is 0 Å². The van der Waals surface area contributed by atoms with E-state index in [4.69, 9.17) is 10.5 Å². The molecule has 0 aliphatic rings. The van der Waals surface area contributed by atoms with E-state index >= 15 is 0 Å². The van der Waals surface area contributed by atoms with Crippen molar-refractivity contribution in [1.29, 1.82) is 0 Å². The molecule has 3 N–H and O–H groups in total. The highest BCUT2D eigenvalue weighted by Crippen LogP contribution is 2.26. The van der Waals surface area contributed by atoms with Crippen LogP contribution in [0.5, 0.6) is 0 Å². The number of rotatable bonds is 6. The van der Waals surface area contributed by atoms with Gasteiger partial charge in [-0.1, -0.05) is 12.1 Å². The van der Waals surface area contributed by atoms with Crippen molar-refractivity contribution in [3.05, 3.63) is 56.4 Å². The number of hydrogen-bond acceptors (Lipinski definition) is 7. The second-order valence-corrected chi connectivity index (χ2v) is 8.02. The third-order valence-corrected chi connectivity index (χ3v) is 6.10. The molecule has 1 aromatic carbocycles. The summed E-state index contributed by atoms with van der Waals surface area (Å²) in [7, 11) is 0. The van der Waals surface area contributed by atoms with Crippen molar-refractivity contribution in [2.45, 2.75) is 25.3 Å². The van der Waals surface area contributed by atoms with E-state index in [-0.39, 0.29) is 23.7 Å². The summed E-state index contributed by atoms with van der Waals surface area (Å²) in [6, 6.07) is 6.79. The van der Waals surface area contributed by atoms with Crippen LogP contribution in [0.25, 0.3) is 10.2 Å². The van der Waals surface area contributed by atoms with Crippen LogP contribution < -0.4 is 11.3 Å². The van der Waals surface area contributed by atoms with Crippen molar-refractivity contribution in [2.24, 2.45) is 5.73 Å². The molecule has 0 bridgehead atoms. The molecule has 0 saturated heterocycles. The van der Waals surface area contributed by atoms with E-state index in [1.807, 2.05) is 13.8 Å². The number of hydrogen-bond donors (Lipinski definition) is 2. The maximum absolute atomic E-state index is 12.4. The molecule has 7 nitrogen and oxygen atoms in total. The average Bonchev–Trinajstić information content (AvgIpc) is 2.92. The number of carbonyl (C=O) groups excluding carboxylic acids is 2. The van der Waals surface area contributed by atoms with E-state index in [0.29, 0.717) is 20.7 Å². The predicted octanol–water partition coefficient (Wildman–Crippen LogP) is 2.54. The van der Waals surface area contributed by atoms with E-state index < -0.39 is 11.9 Å². The Balaban J connectivity index is 1.77. The molecule has 2 aromatic heterocycles. The number of aromatic nitrogens is 2. The summed E-state index contributed by atoms with van der Waals surface area (Å²) in [5.41, 5.74) is 6.15. The molecule has 3 rings (SSSR count). The zero-order valence-corrected chi connectivity index (χ0v) is 16.3. The fourth-order valence-electron chi connectivity index (χ4n) is 2.49. The van der Waals surface area contributed by atoms with Crippen LogP contribution in [0.1, 0.15) is 26.6 Å². The highest BCUT2D eigenvalue weighted by atomic mass is 32.2. The van der Waals surface area contributed by atoms with Gasteiger partial charge in [-0.2, -0.15) is 0 Å². The topological polar surface area (TPSA) is 115 Å². The first kappa shape index (κ1) is 19.1. The van der Waals surface area contributed by atoms with Crippen LogP contribution in [0.3, 0.4) is 0 Å². The van der Waals surface area contributed by atoms with E-state index in [1.165, 1.54) is 23.1 Å². The van der Waals surface area contributed by atoms with Crippen molar-refractivity contribution < 1.29 is 14.3 Å². The maximum Gasteiger partial charge on any atom is 0.339 e. The Kier molecular flexibility index (Phi) is 5.62. The molecule has 27 heavy (non-hydrogen) atoms. The van der Waals surface area contributed by atoms with Gasteiger partial charge in [-0.3, -0.25) is 9.59 Å². The van der Waals surface area contributed by atoms with Crippen LogP contribution in [0, 0.1) is 13.8 Å². The Morgan fingerprint density at radius 2 is 2.04 bits per heavy atom. The summed E-state index contributed by atoms with van der Waals surface area (Å²) in [4.78, 5) is 45.0. The number of carbonyl (C=O) groups is 2. The number of esters is 1. The standard InChI is InChI=1S/C18H17N3O4S2/c1-9-10(2)27-17-15(9)16(23)20-14(21-17)7-25-18(24)11-5-3-4-6-12(11)26-8-13(19)22/h3-6H,7-8H2,1-2H3,(H2,19,22)(H,20,21,23). The molecule has 0 atom stereocenters. The van der Waals surface area contributed by atoms with Crippen molar-refractivity contribution >= 4 is 45.2 Å². The quantitative estimate of drug-likeness (QED) is 0.483. The minimum atomic E-state index is -0.566. The number of H-pyrrole nitrogens is 1. The highest BCUT2D eigenvalue weighted by Gasteiger charge is 2.16. The number of amides is 1. The van der Waals surface area contributed by atoms with Gasteiger partial charge in [0.1, 0.15) is 17.3 Å². The number of primary amides is 1. The summed E-state index contributed by atoms with van der Waals surface area (Å²) in [6.45, 7) is 3.65. The smallest absolute Gasteiger partial charge is 0.339 e. The van der Waals surface area contributed by atoms with Crippen LogP contribution >= 0.6 is 23.1 Å². The molecular weight excluding hydrogens is 386 g/mol. The highest BCUT2D eigenvalue weighted by molar-refractivity contribution is 8.00. The number of ether oxygens (including phenoxy) is 1. The number of benzene rings is 1. The normalized spacial score (nSPS) is 10.9. The van der Waals surface area contributed by atoms with Gasteiger partial charge in [0.15, 0.2) is 0 Å². The number of fused-ring (bicyclic) bond motifs is 1. The minimum absolute atomic E-state index is 0.0624. The number of aromatic amines is 1.